The highest BCUT2D eigenvalue weighted by atomic mass is 79.9. The first kappa shape index (κ1) is 10.5. The van der Waals surface area contributed by atoms with Crippen LogP contribution in [0.5, 0.6) is 0 Å². The van der Waals surface area contributed by atoms with Gasteiger partial charge < -0.3 is 5.32 Å². The number of hydrogen-bond acceptors (Lipinski definition) is 2. The second-order valence-corrected chi connectivity index (χ2v) is 5.47. The van der Waals surface area contributed by atoms with Gasteiger partial charge in [-0.15, -0.1) is 0 Å². The zero-order valence-electron chi connectivity index (χ0n) is 9.17. The smallest absolute Gasteiger partial charge is 0.0666 e. The summed E-state index contributed by atoms with van der Waals surface area (Å²) in [6.45, 7) is 1.14. The van der Waals surface area contributed by atoms with Crippen LogP contribution in [0.1, 0.15) is 24.8 Å². The largest absolute Gasteiger partial charge is 0.309 e. The van der Waals surface area contributed by atoms with Crippen LogP contribution in [-0.4, -0.2) is 18.3 Å². The highest BCUT2D eigenvalue weighted by Crippen LogP contribution is 2.31. The van der Waals surface area contributed by atoms with E-state index >= 15 is 0 Å². The van der Waals surface area contributed by atoms with E-state index in [-0.39, 0.29) is 0 Å². The molecule has 2 heterocycles. The maximum atomic E-state index is 4.75. The minimum Gasteiger partial charge on any atom is -0.309 e. The van der Waals surface area contributed by atoms with E-state index in [1.807, 2.05) is 0 Å². The molecule has 1 saturated heterocycles. The van der Waals surface area contributed by atoms with Crippen LogP contribution in [0.3, 0.4) is 0 Å². The Balaban J connectivity index is 1.82. The third-order valence-corrected chi connectivity index (χ3v) is 3.88. The summed E-state index contributed by atoms with van der Waals surface area (Å²) in [5.74, 6) is 0. The van der Waals surface area contributed by atoms with E-state index in [2.05, 4.69) is 39.4 Å². The fraction of sp³-hybridized carbons (Fsp3) is 0.462. The van der Waals surface area contributed by atoms with Crippen LogP contribution < -0.4 is 5.32 Å². The van der Waals surface area contributed by atoms with Gasteiger partial charge in [-0.25, -0.2) is 0 Å². The van der Waals surface area contributed by atoms with Crippen molar-refractivity contribution >= 4 is 27.3 Å². The van der Waals surface area contributed by atoms with Crippen molar-refractivity contribution in [3.63, 3.8) is 0 Å². The van der Waals surface area contributed by atoms with Crippen LogP contribution >= 0.6 is 15.9 Å². The summed E-state index contributed by atoms with van der Waals surface area (Å²) in [6.07, 6.45) is 4.90. The van der Waals surface area contributed by atoms with E-state index < -0.39 is 0 Å². The highest BCUT2D eigenvalue weighted by Gasteiger charge is 2.23. The van der Waals surface area contributed by atoms with E-state index in [0.717, 1.165) is 23.1 Å². The lowest BCUT2D eigenvalue weighted by Crippen LogP contribution is -2.40. The van der Waals surface area contributed by atoms with Crippen molar-refractivity contribution in [3.05, 3.63) is 28.2 Å². The van der Waals surface area contributed by atoms with Crippen molar-refractivity contribution in [3.8, 4) is 0 Å². The number of aliphatic imine (C=N–C) groups is 1. The van der Waals surface area contributed by atoms with Gasteiger partial charge in [-0.3, -0.25) is 4.99 Å². The van der Waals surface area contributed by atoms with Crippen molar-refractivity contribution in [2.24, 2.45) is 4.99 Å². The van der Waals surface area contributed by atoms with Crippen molar-refractivity contribution in [1.29, 1.82) is 0 Å². The van der Waals surface area contributed by atoms with Gasteiger partial charge in [-0.1, -0.05) is 22.4 Å². The van der Waals surface area contributed by atoms with Gasteiger partial charge in [0.15, 0.2) is 0 Å². The van der Waals surface area contributed by atoms with Crippen molar-refractivity contribution in [1.82, 2.24) is 5.32 Å². The van der Waals surface area contributed by atoms with Gasteiger partial charge in [0, 0.05) is 22.6 Å². The minimum absolute atomic E-state index is 0.514. The molecule has 3 heteroatoms. The summed E-state index contributed by atoms with van der Waals surface area (Å²) in [5.41, 5.74) is 3.84. The number of nitrogens with one attached hydrogen (secondary N) is 1. The van der Waals surface area contributed by atoms with Gasteiger partial charge in [-0.2, -0.15) is 0 Å². The van der Waals surface area contributed by atoms with Gasteiger partial charge in [0.2, 0.25) is 0 Å². The average Bonchev–Trinajstić information content (AvgIpc) is 2.73. The molecule has 1 N–H and O–H groups in total. The van der Waals surface area contributed by atoms with Crippen molar-refractivity contribution in [2.75, 3.05) is 6.54 Å². The van der Waals surface area contributed by atoms with Crippen molar-refractivity contribution < 1.29 is 0 Å². The predicted octanol–water partition coefficient (Wildman–Crippen LogP) is 3.22. The quantitative estimate of drug-likeness (QED) is 0.838. The summed E-state index contributed by atoms with van der Waals surface area (Å²) in [7, 11) is 0. The van der Waals surface area contributed by atoms with Gasteiger partial charge in [0.1, 0.15) is 0 Å². The molecule has 0 saturated carbocycles. The van der Waals surface area contributed by atoms with Gasteiger partial charge in [-0.05, 0) is 43.1 Å². The van der Waals surface area contributed by atoms with Crippen LogP contribution in [0.4, 0.5) is 5.69 Å². The lowest BCUT2D eigenvalue weighted by Gasteiger charge is -2.23. The Morgan fingerprint density at radius 2 is 2.25 bits per heavy atom. The van der Waals surface area contributed by atoms with Gasteiger partial charge in [0.25, 0.3) is 0 Å². The Hall–Kier alpha value is -0.670. The zero-order chi connectivity index (χ0) is 11.0. The van der Waals surface area contributed by atoms with Crippen LogP contribution in [0.25, 0.3) is 0 Å². The molecule has 0 aliphatic carbocycles. The summed E-state index contributed by atoms with van der Waals surface area (Å²) in [4.78, 5) is 4.75. The molecule has 3 rings (SSSR count). The molecule has 1 aromatic carbocycles. The fourth-order valence-electron chi connectivity index (χ4n) is 2.53. The molecule has 2 nitrogen and oxygen atoms in total. The first-order chi connectivity index (χ1) is 7.83. The average molecular weight is 279 g/mol. The van der Waals surface area contributed by atoms with Crippen molar-refractivity contribution in [2.45, 2.75) is 31.7 Å². The first-order valence-electron chi connectivity index (χ1n) is 5.92. The van der Waals surface area contributed by atoms with E-state index in [1.54, 1.807) is 0 Å². The SMILES string of the molecule is Brc1ccc2c(c1)CC([C@@H]1CCCCN1)=N2. The number of rotatable bonds is 1. The molecule has 1 fully saturated rings. The standard InChI is InChI=1S/C13H15BrN2/c14-10-4-5-11-9(7-10)8-13(16-11)12-3-1-2-6-15-12/h4-5,7,12,15H,1-3,6,8H2/t12-/m0/s1. The van der Waals surface area contributed by atoms with Gasteiger partial charge >= 0.3 is 0 Å². The molecular weight excluding hydrogens is 264 g/mol. The van der Waals surface area contributed by atoms with Crippen LogP contribution in [0.2, 0.25) is 0 Å². The minimum atomic E-state index is 0.514. The fourth-order valence-corrected chi connectivity index (χ4v) is 2.94. The molecule has 16 heavy (non-hydrogen) atoms. The number of piperidine rings is 1. The summed E-state index contributed by atoms with van der Waals surface area (Å²) in [6, 6.07) is 6.88. The maximum Gasteiger partial charge on any atom is 0.0666 e. The van der Waals surface area contributed by atoms with E-state index in [4.69, 9.17) is 4.99 Å². The number of hydrogen-bond donors (Lipinski definition) is 1. The number of benzene rings is 1. The Labute approximate surface area is 104 Å². The summed E-state index contributed by atoms with van der Waals surface area (Å²) >= 11 is 3.51. The highest BCUT2D eigenvalue weighted by molar-refractivity contribution is 9.10. The topological polar surface area (TPSA) is 24.4 Å². The molecule has 0 bridgehead atoms. The molecule has 84 valence electrons. The summed E-state index contributed by atoms with van der Waals surface area (Å²) < 4.78 is 1.15. The molecule has 1 aromatic rings. The van der Waals surface area contributed by atoms with E-state index in [0.29, 0.717) is 6.04 Å². The monoisotopic (exact) mass is 278 g/mol. The molecule has 0 aromatic heterocycles. The molecule has 0 unspecified atom stereocenters. The second kappa shape index (κ2) is 4.30. The van der Waals surface area contributed by atoms with Gasteiger partial charge in [0.05, 0.1) is 5.69 Å². The lowest BCUT2D eigenvalue weighted by molar-refractivity contribution is 0.469. The third kappa shape index (κ3) is 1.94. The zero-order valence-corrected chi connectivity index (χ0v) is 10.8. The number of nitrogens with zero attached hydrogens (tertiary/aromatic N) is 1. The Kier molecular flexibility index (Phi) is 2.82. The lowest BCUT2D eigenvalue weighted by atomic mass is 9.97. The molecule has 0 radical (unpaired) electrons. The van der Waals surface area contributed by atoms with E-state index in [9.17, 15) is 0 Å². The Bertz CT molecular complexity index is 434. The Morgan fingerprint density at radius 3 is 3.06 bits per heavy atom. The molecule has 1 atom stereocenters. The molecule has 0 spiro atoms. The molecule has 2 aliphatic rings. The molecular formula is C13H15BrN2. The maximum absolute atomic E-state index is 4.75. The first-order valence-corrected chi connectivity index (χ1v) is 6.71. The normalized spacial score (nSPS) is 24.1. The summed E-state index contributed by atoms with van der Waals surface area (Å²) in [5, 5.41) is 3.57. The number of fused-ring (bicyclic) bond motifs is 1. The second-order valence-electron chi connectivity index (χ2n) is 4.56. The predicted molar refractivity (Wildman–Crippen MR) is 70.6 cm³/mol. The van der Waals surface area contributed by atoms with Crippen LogP contribution in [0, 0.1) is 0 Å². The number of halogens is 1. The Morgan fingerprint density at radius 1 is 1.31 bits per heavy atom. The van der Waals surface area contributed by atoms with Crippen LogP contribution in [0.15, 0.2) is 27.7 Å². The third-order valence-electron chi connectivity index (χ3n) is 3.39. The molecule has 0 amide bonds. The van der Waals surface area contributed by atoms with Crippen LogP contribution in [-0.2, 0) is 6.42 Å². The van der Waals surface area contributed by atoms with E-state index in [1.165, 1.54) is 30.5 Å². The molecule has 2 aliphatic heterocycles.